The monoisotopic (exact) mass is 355 g/mol. The number of hydrogen-bond acceptors (Lipinski definition) is 5. The number of aromatic nitrogens is 4. The topological polar surface area (TPSA) is 102 Å². The van der Waals surface area contributed by atoms with Gasteiger partial charge in [0.2, 0.25) is 5.91 Å². The lowest BCUT2D eigenvalue weighted by atomic mass is 10.1. The summed E-state index contributed by atoms with van der Waals surface area (Å²) in [4.78, 5) is 28.1. The first-order valence-corrected chi connectivity index (χ1v) is 7.34. The number of carbonyl (C=O) groups excluding carboxylic acids is 2. The number of H-pyrrole nitrogens is 1. The van der Waals surface area contributed by atoms with Crippen molar-refractivity contribution in [2.45, 2.75) is 39.8 Å². The third-order valence-electron chi connectivity index (χ3n) is 2.94. The zero-order chi connectivity index (χ0) is 17.0. The molecule has 0 radical (unpaired) electrons. The van der Waals surface area contributed by atoms with E-state index in [2.05, 4.69) is 20.5 Å². The number of imidazole rings is 1. The third-order valence-corrected chi connectivity index (χ3v) is 2.94. The maximum atomic E-state index is 12.1. The van der Waals surface area contributed by atoms with Gasteiger partial charge in [-0.25, -0.2) is 9.78 Å². The summed E-state index contributed by atoms with van der Waals surface area (Å²) in [5.41, 5.74) is 1.09. The van der Waals surface area contributed by atoms with Crippen LogP contribution in [0.15, 0.2) is 18.7 Å². The molecular formula is C15H22ClN5O3. The number of nitrogens with zero attached hydrogens (tertiary/aromatic N) is 3. The SMILES string of the molecule is CCOC(=O)c1[nH]ncc1-c1cncn1CC(=O)NC(C)(C)C.Cl. The summed E-state index contributed by atoms with van der Waals surface area (Å²) < 4.78 is 6.65. The molecule has 0 aromatic carbocycles. The highest BCUT2D eigenvalue weighted by atomic mass is 35.5. The van der Waals surface area contributed by atoms with E-state index in [-0.39, 0.29) is 42.7 Å². The van der Waals surface area contributed by atoms with Crippen molar-refractivity contribution >= 4 is 24.3 Å². The van der Waals surface area contributed by atoms with Gasteiger partial charge in [0.25, 0.3) is 0 Å². The molecule has 0 aliphatic heterocycles. The van der Waals surface area contributed by atoms with Gasteiger partial charge in [0.1, 0.15) is 6.54 Å². The van der Waals surface area contributed by atoms with Crippen molar-refractivity contribution in [1.29, 1.82) is 0 Å². The second-order valence-electron chi connectivity index (χ2n) is 6.08. The van der Waals surface area contributed by atoms with Crippen LogP contribution >= 0.6 is 12.4 Å². The van der Waals surface area contributed by atoms with Crippen molar-refractivity contribution < 1.29 is 14.3 Å². The summed E-state index contributed by atoms with van der Waals surface area (Å²) in [5.74, 6) is -0.634. The van der Waals surface area contributed by atoms with Crippen LogP contribution in [-0.4, -0.2) is 43.8 Å². The summed E-state index contributed by atoms with van der Waals surface area (Å²) >= 11 is 0. The molecule has 0 bridgehead atoms. The van der Waals surface area contributed by atoms with Crippen molar-refractivity contribution in [3.8, 4) is 11.3 Å². The van der Waals surface area contributed by atoms with E-state index in [0.717, 1.165) is 0 Å². The number of rotatable bonds is 5. The number of carbonyl (C=O) groups is 2. The molecule has 9 heteroatoms. The number of hydrogen-bond donors (Lipinski definition) is 2. The van der Waals surface area contributed by atoms with Crippen LogP contribution in [0, 0.1) is 0 Å². The molecule has 0 unspecified atom stereocenters. The van der Waals surface area contributed by atoms with Gasteiger partial charge in [-0.15, -0.1) is 12.4 Å². The fourth-order valence-corrected chi connectivity index (χ4v) is 2.12. The first kappa shape index (κ1) is 19.7. The Kier molecular flexibility index (Phi) is 6.53. The second kappa shape index (κ2) is 7.96. The molecule has 0 saturated heterocycles. The largest absolute Gasteiger partial charge is 0.461 e. The second-order valence-corrected chi connectivity index (χ2v) is 6.08. The standard InChI is InChI=1S/C15H21N5O3.ClH/c1-5-23-14(22)13-10(6-17-19-13)11-7-16-9-20(11)8-12(21)18-15(2,3)4;/h6-7,9H,5,8H2,1-4H3,(H,17,19)(H,18,21);1H. The Bertz CT molecular complexity index is 702. The molecule has 8 nitrogen and oxygen atoms in total. The minimum absolute atomic E-state index is 0. The summed E-state index contributed by atoms with van der Waals surface area (Å²) in [6.45, 7) is 7.83. The highest BCUT2D eigenvalue weighted by Crippen LogP contribution is 2.22. The summed E-state index contributed by atoms with van der Waals surface area (Å²) in [6.07, 6.45) is 4.64. The average molecular weight is 356 g/mol. The molecule has 132 valence electrons. The lowest BCUT2D eigenvalue weighted by Gasteiger charge is -2.21. The van der Waals surface area contributed by atoms with Crippen LogP contribution in [0.3, 0.4) is 0 Å². The summed E-state index contributed by atoms with van der Waals surface area (Å²) in [5, 5.41) is 9.41. The maximum Gasteiger partial charge on any atom is 0.357 e. The van der Waals surface area contributed by atoms with Gasteiger partial charge in [-0.05, 0) is 27.7 Å². The number of amides is 1. The molecule has 0 aliphatic rings. The molecule has 0 spiro atoms. The Labute approximate surface area is 146 Å². The average Bonchev–Trinajstić information content (AvgIpc) is 3.04. The van der Waals surface area contributed by atoms with Gasteiger partial charge >= 0.3 is 5.97 Å². The van der Waals surface area contributed by atoms with Crippen molar-refractivity contribution in [2.75, 3.05) is 6.61 Å². The Morgan fingerprint density at radius 2 is 2.04 bits per heavy atom. The Morgan fingerprint density at radius 1 is 1.33 bits per heavy atom. The van der Waals surface area contributed by atoms with E-state index in [4.69, 9.17) is 4.74 Å². The molecule has 2 aromatic heterocycles. The van der Waals surface area contributed by atoms with Crippen LogP contribution < -0.4 is 5.32 Å². The van der Waals surface area contributed by atoms with E-state index in [1.165, 1.54) is 6.20 Å². The third kappa shape index (κ3) is 4.82. The van der Waals surface area contributed by atoms with Gasteiger partial charge in [0.15, 0.2) is 5.69 Å². The molecule has 2 aromatic rings. The van der Waals surface area contributed by atoms with Gasteiger partial charge in [0, 0.05) is 5.54 Å². The molecule has 1 amide bonds. The molecule has 2 N–H and O–H groups in total. The number of halogens is 1. The minimum Gasteiger partial charge on any atom is -0.461 e. The van der Waals surface area contributed by atoms with Crippen LogP contribution in [0.4, 0.5) is 0 Å². The quantitative estimate of drug-likeness (QED) is 0.796. The number of nitrogens with one attached hydrogen (secondary N) is 2. The van der Waals surface area contributed by atoms with Crippen LogP contribution in [0.5, 0.6) is 0 Å². The molecule has 0 atom stereocenters. The molecule has 2 rings (SSSR count). The van der Waals surface area contributed by atoms with Crippen molar-refractivity contribution in [1.82, 2.24) is 25.1 Å². The highest BCUT2D eigenvalue weighted by molar-refractivity contribution is 5.94. The maximum absolute atomic E-state index is 12.1. The highest BCUT2D eigenvalue weighted by Gasteiger charge is 2.21. The van der Waals surface area contributed by atoms with Crippen LogP contribution in [0.1, 0.15) is 38.2 Å². The van der Waals surface area contributed by atoms with Gasteiger partial charge in [-0.2, -0.15) is 5.10 Å². The number of ether oxygens (including phenoxy) is 1. The van der Waals surface area contributed by atoms with Gasteiger partial charge < -0.3 is 14.6 Å². The zero-order valence-corrected chi connectivity index (χ0v) is 14.9. The first-order valence-electron chi connectivity index (χ1n) is 7.34. The minimum atomic E-state index is -0.494. The van der Waals surface area contributed by atoms with E-state index >= 15 is 0 Å². The van der Waals surface area contributed by atoms with E-state index in [0.29, 0.717) is 11.3 Å². The smallest absolute Gasteiger partial charge is 0.357 e. The Hall–Kier alpha value is -2.35. The zero-order valence-electron chi connectivity index (χ0n) is 14.1. The Morgan fingerprint density at radius 3 is 2.67 bits per heavy atom. The predicted octanol–water partition coefficient (Wildman–Crippen LogP) is 1.79. The van der Waals surface area contributed by atoms with Gasteiger partial charge in [0.05, 0.1) is 36.6 Å². The van der Waals surface area contributed by atoms with Crippen molar-refractivity contribution in [3.05, 3.63) is 24.4 Å². The van der Waals surface area contributed by atoms with E-state index < -0.39 is 5.97 Å². The number of esters is 1. The summed E-state index contributed by atoms with van der Waals surface area (Å²) in [7, 11) is 0. The van der Waals surface area contributed by atoms with E-state index in [1.807, 2.05) is 20.8 Å². The molecule has 0 saturated carbocycles. The predicted molar refractivity (Wildman–Crippen MR) is 90.9 cm³/mol. The van der Waals surface area contributed by atoms with Crippen LogP contribution in [-0.2, 0) is 16.1 Å². The molecule has 0 aliphatic carbocycles. The molecule has 24 heavy (non-hydrogen) atoms. The fraction of sp³-hybridized carbons (Fsp3) is 0.467. The van der Waals surface area contributed by atoms with Crippen molar-refractivity contribution in [3.63, 3.8) is 0 Å². The van der Waals surface area contributed by atoms with E-state index in [1.54, 1.807) is 24.0 Å². The lowest BCUT2D eigenvalue weighted by molar-refractivity contribution is -0.123. The Balaban J connectivity index is 0.00000288. The molecule has 0 fully saturated rings. The molecular weight excluding hydrogens is 334 g/mol. The normalized spacial score (nSPS) is 10.8. The lowest BCUT2D eigenvalue weighted by Crippen LogP contribution is -2.42. The van der Waals surface area contributed by atoms with Crippen LogP contribution in [0.25, 0.3) is 11.3 Å². The fourth-order valence-electron chi connectivity index (χ4n) is 2.12. The number of aromatic amines is 1. The van der Waals surface area contributed by atoms with Gasteiger partial charge in [-0.3, -0.25) is 9.89 Å². The van der Waals surface area contributed by atoms with Gasteiger partial charge in [-0.1, -0.05) is 0 Å². The summed E-state index contributed by atoms with van der Waals surface area (Å²) in [6, 6.07) is 0. The first-order chi connectivity index (χ1) is 10.8. The molecule has 2 heterocycles. The van der Waals surface area contributed by atoms with Crippen molar-refractivity contribution in [2.24, 2.45) is 0 Å². The van der Waals surface area contributed by atoms with Crippen LogP contribution in [0.2, 0.25) is 0 Å². The van der Waals surface area contributed by atoms with E-state index in [9.17, 15) is 9.59 Å².